The Morgan fingerprint density at radius 2 is 1.71 bits per heavy atom. The van der Waals surface area contributed by atoms with Gasteiger partial charge in [0.1, 0.15) is 0 Å². The molecule has 1 aromatic heterocycles. The summed E-state index contributed by atoms with van der Waals surface area (Å²) in [6, 6.07) is 25.2. The zero-order chi connectivity index (χ0) is 23.7. The van der Waals surface area contributed by atoms with Gasteiger partial charge in [0.15, 0.2) is 5.78 Å². The largest absolute Gasteiger partial charge is 0.294 e. The van der Waals surface area contributed by atoms with E-state index >= 15 is 0 Å². The number of Topliss-reactive ketones (excluding diaryl/α,β-unsaturated/α-hetero) is 1. The zero-order valence-corrected chi connectivity index (χ0v) is 20.1. The van der Waals surface area contributed by atoms with E-state index in [0.717, 1.165) is 40.9 Å². The molecule has 0 saturated carbocycles. The van der Waals surface area contributed by atoms with E-state index < -0.39 is 0 Å². The van der Waals surface area contributed by atoms with Gasteiger partial charge in [0.25, 0.3) is 0 Å². The minimum absolute atomic E-state index is 0.155. The summed E-state index contributed by atoms with van der Waals surface area (Å²) < 4.78 is 0. The number of carbonyl (C=O) groups excluding carboxylic acids is 1. The number of allylic oxidation sites excluding steroid dienone is 1. The van der Waals surface area contributed by atoms with E-state index in [0.29, 0.717) is 6.42 Å². The lowest BCUT2D eigenvalue weighted by atomic mass is 9.94. The maximum absolute atomic E-state index is 12.9. The first-order valence-corrected chi connectivity index (χ1v) is 11.9. The lowest BCUT2D eigenvalue weighted by molar-refractivity contribution is 0.0993. The standard InChI is InChI=1S/C32H29NO/c1-21-10-14-25(15-11-21)30-20-28(33-31-9-5-8-29(30)31)19-27-17-24(13-12-23(27)3)18-32(34)26-7-4-6-22(2)16-26/h4-8,10-17,20H,9,18-19H2,1-3H3. The summed E-state index contributed by atoms with van der Waals surface area (Å²) in [5.41, 5.74) is 12.6. The van der Waals surface area contributed by atoms with Crippen LogP contribution in [0.25, 0.3) is 17.2 Å². The summed E-state index contributed by atoms with van der Waals surface area (Å²) in [5, 5.41) is 0. The molecule has 0 amide bonds. The van der Waals surface area contributed by atoms with Crippen molar-refractivity contribution in [3.05, 3.63) is 129 Å². The lowest BCUT2D eigenvalue weighted by Crippen LogP contribution is -2.05. The highest BCUT2D eigenvalue weighted by Crippen LogP contribution is 2.32. The zero-order valence-electron chi connectivity index (χ0n) is 20.1. The second-order valence-electron chi connectivity index (χ2n) is 9.40. The number of carbonyl (C=O) groups is 1. The molecule has 168 valence electrons. The van der Waals surface area contributed by atoms with E-state index in [1.807, 2.05) is 31.2 Å². The van der Waals surface area contributed by atoms with E-state index in [4.69, 9.17) is 4.98 Å². The first-order chi connectivity index (χ1) is 16.5. The Morgan fingerprint density at radius 1 is 0.882 bits per heavy atom. The molecule has 2 nitrogen and oxygen atoms in total. The number of hydrogen-bond donors (Lipinski definition) is 0. The van der Waals surface area contributed by atoms with Crippen molar-refractivity contribution in [1.82, 2.24) is 4.98 Å². The highest BCUT2D eigenvalue weighted by Gasteiger charge is 2.16. The average Bonchev–Trinajstić information content (AvgIpc) is 3.30. The van der Waals surface area contributed by atoms with Crippen molar-refractivity contribution in [3.63, 3.8) is 0 Å². The first-order valence-electron chi connectivity index (χ1n) is 11.9. The fourth-order valence-electron chi connectivity index (χ4n) is 4.68. The third-order valence-corrected chi connectivity index (χ3v) is 6.64. The minimum Gasteiger partial charge on any atom is -0.294 e. The van der Waals surface area contributed by atoms with Crippen LogP contribution in [0.1, 0.15) is 55.1 Å². The molecule has 0 spiro atoms. The van der Waals surface area contributed by atoms with Crippen molar-refractivity contribution in [2.75, 3.05) is 0 Å². The number of ketones is 1. The monoisotopic (exact) mass is 443 g/mol. The third-order valence-electron chi connectivity index (χ3n) is 6.64. The third kappa shape index (κ3) is 4.63. The van der Waals surface area contributed by atoms with Crippen molar-refractivity contribution in [1.29, 1.82) is 0 Å². The van der Waals surface area contributed by atoms with Gasteiger partial charge in [-0.05, 0) is 60.7 Å². The highest BCUT2D eigenvalue weighted by molar-refractivity contribution is 5.97. The number of benzene rings is 3. The molecule has 0 aliphatic heterocycles. The van der Waals surface area contributed by atoms with Gasteiger partial charge in [-0.1, -0.05) is 83.9 Å². The summed E-state index contributed by atoms with van der Waals surface area (Å²) in [6.07, 6.45) is 6.44. The van der Waals surface area contributed by atoms with E-state index in [9.17, 15) is 4.79 Å². The molecule has 1 heterocycles. The van der Waals surface area contributed by atoms with Gasteiger partial charge < -0.3 is 0 Å². The Balaban J connectivity index is 1.44. The number of pyridine rings is 1. The molecule has 1 aliphatic carbocycles. The summed E-state index contributed by atoms with van der Waals surface area (Å²) in [5.74, 6) is 0.155. The number of fused-ring (bicyclic) bond motifs is 1. The van der Waals surface area contributed by atoms with Crippen LogP contribution >= 0.6 is 0 Å². The quantitative estimate of drug-likeness (QED) is 0.294. The smallest absolute Gasteiger partial charge is 0.167 e. The molecule has 1 aliphatic rings. The highest BCUT2D eigenvalue weighted by atomic mass is 16.1. The van der Waals surface area contributed by atoms with Gasteiger partial charge in [-0.2, -0.15) is 0 Å². The Morgan fingerprint density at radius 3 is 2.50 bits per heavy atom. The van der Waals surface area contributed by atoms with Crippen LogP contribution in [0.15, 0.2) is 78.9 Å². The molecule has 34 heavy (non-hydrogen) atoms. The van der Waals surface area contributed by atoms with Crippen LogP contribution in [0, 0.1) is 20.8 Å². The molecule has 0 bridgehead atoms. The van der Waals surface area contributed by atoms with Gasteiger partial charge in [-0.3, -0.25) is 9.78 Å². The molecule has 0 fully saturated rings. The molecule has 4 aromatic rings. The van der Waals surface area contributed by atoms with Crippen molar-refractivity contribution >= 4 is 11.9 Å². The number of nitrogens with zero attached hydrogens (tertiary/aromatic N) is 1. The Labute approximate surface area is 202 Å². The topological polar surface area (TPSA) is 30.0 Å². The van der Waals surface area contributed by atoms with Crippen molar-refractivity contribution in [2.24, 2.45) is 0 Å². The van der Waals surface area contributed by atoms with Crippen molar-refractivity contribution in [2.45, 2.75) is 40.0 Å². The van der Waals surface area contributed by atoms with Crippen molar-refractivity contribution < 1.29 is 4.79 Å². The molecular formula is C32H29NO. The molecular weight excluding hydrogens is 414 g/mol. The fraction of sp³-hybridized carbons (Fsp3) is 0.188. The predicted octanol–water partition coefficient (Wildman–Crippen LogP) is 7.26. The molecule has 2 heteroatoms. The van der Waals surface area contributed by atoms with Crippen LogP contribution in [0.2, 0.25) is 0 Å². The maximum atomic E-state index is 12.9. The Bertz CT molecular complexity index is 1410. The van der Waals surface area contributed by atoms with Crippen LogP contribution in [0.3, 0.4) is 0 Å². The molecule has 0 unspecified atom stereocenters. The minimum atomic E-state index is 0.155. The molecule has 0 atom stereocenters. The maximum Gasteiger partial charge on any atom is 0.167 e. The van der Waals surface area contributed by atoms with E-state index in [1.54, 1.807) is 0 Å². The van der Waals surface area contributed by atoms with Crippen LogP contribution in [0.5, 0.6) is 0 Å². The van der Waals surface area contributed by atoms with Gasteiger partial charge in [0.05, 0.1) is 5.69 Å². The fourth-order valence-corrected chi connectivity index (χ4v) is 4.68. The summed E-state index contributed by atoms with van der Waals surface area (Å²) in [7, 11) is 0. The Kier molecular flexibility index (Phi) is 5.98. The van der Waals surface area contributed by atoms with E-state index in [-0.39, 0.29) is 5.78 Å². The van der Waals surface area contributed by atoms with Crippen LogP contribution in [-0.2, 0) is 19.3 Å². The first kappa shape index (κ1) is 22.0. The van der Waals surface area contributed by atoms with Gasteiger partial charge in [0, 0.05) is 36.1 Å². The van der Waals surface area contributed by atoms with Crippen LogP contribution < -0.4 is 0 Å². The van der Waals surface area contributed by atoms with E-state index in [1.165, 1.54) is 33.4 Å². The molecule has 5 rings (SSSR count). The van der Waals surface area contributed by atoms with Gasteiger partial charge >= 0.3 is 0 Å². The van der Waals surface area contributed by atoms with E-state index in [2.05, 4.69) is 74.5 Å². The average molecular weight is 444 g/mol. The molecule has 3 aromatic carbocycles. The normalized spacial score (nSPS) is 12.1. The number of rotatable bonds is 6. The lowest BCUT2D eigenvalue weighted by Gasteiger charge is -2.13. The van der Waals surface area contributed by atoms with Crippen LogP contribution in [-0.4, -0.2) is 10.8 Å². The van der Waals surface area contributed by atoms with Crippen molar-refractivity contribution in [3.8, 4) is 11.1 Å². The number of hydrogen-bond acceptors (Lipinski definition) is 2. The van der Waals surface area contributed by atoms with Gasteiger partial charge in [0.2, 0.25) is 0 Å². The van der Waals surface area contributed by atoms with Gasteiger partial charge in [-0.25, -0.2) is 0 Å². The van der Waals surface area contributed by atoms with Gasteiger partial charge in [-0.15, -0.1) is 0 Å². The summed E-state index contributed by atoms with van der Waals surface area (Å²) in [4.78, 5) is 17.9. The predicted molar refractivity (Wildman–Crippen MR) is 140 cm³/mol. The molecule has 0 radical (unpaired) electrons. The number of aromatic nitrogens is 1. The Hall–Kier alpha value is -3.78. The summed E-state index contributed by atoms with van der Waals surface area (Å²) in [6.45, 7) is 6.27. The summed E-state index contributed by atoms with van der Waals surface area (Å²) >= 11 is 0. The van der Waals surface area contributed by atoms with Crippen LogP contribution in [0.4, 0.5) is 0 Å². The SMILES string of the molecule is Cc1ccc(-c2cc(Cc3cc(CC(=O)c4cccc(C)c4)ccc3C)nc3c2C=CC3)cc1. The second kappa shape index (κ2) is 9.23. The number of aryl methyl sites for hydroxylation is 3. The second-order valence-corrected chi connectivity index (χ2v) is 9.40. The molecule has 0 saturated heterocycles. The molecule has 0 N–H and O–H groups in total.